The van der Waals surface area contributed by atoms with Crippen molar-refractivity contribution >= 4 is 5.96 Å². The molecule has 0 aromatic heterocycles. The highest BCUT2D eigenvalue weighted by Gasteiger charge is 2.17. The van der Waals surface area contributed by atoms with Gasteiger partial charge in [0.1, 0.15) is 0 Å². The Bertz CT molecular complexity index is 586. The summed E-state index contributed by atoms with van der Waals surface area (Å²) < 4.78 is 10.6. The smallest absolute Gasteiger partial charge is 0.191 e. The van der Waals surface area contributed by atoms with Gasteiger partial charge in [-0.1, -0.05) is 25.3 Å². The van der Waals surface area contributed by atoms with Gasteiger partial charge in [-0.3, -0.25) is 4.99 Å². The van der Waals surface area contributed by atoms with E-state index >= 15 is 0 Å². The van der Waals surface area contributed by atoms with Crippen LogP contribution >= 0.6 is 0 Å². The molecule has 1 aliphatic rings. The predicted octanol–water partition coefficient (Wildman–Crippen LogP) is 3.02. The monoisotopic (exact) mass is 376 g/mol. The molecular formula is C21H36N4O2. The van der Waals surface area contributed by atoms with Gasteiger partial charge in [0, 0.05) is 26.2 Å². The number of nitrogens with one attached hydrogen (secondary N) is 2. The lowest BCUT2D eigenvalue weighted by atomic mass is 9.94. The van der Waals surface area contributed by atoms with E-state index in [4.69, 9.17) is 9.47 Å². The van der Waals surface area contributed by atoms with Crippen LogP contribution < -0.4 is 20.1 Å². The van der Waals surface area contributed by atoms with Gasteiger partial charge in [-0.05, 0) is 50.6 Å². The molecule has 0 heterocycles. The summed E-state index contributed by atoms with van der Waals surface area (Å²) in [5, 5.41) is 6.76. The lowest BCUT2D eigenvalue weighted by Crippen LogP contribution is -2.39. The van der Waals surface area contributed by atoms with Gasteiger partial charge >= 0.3 is 0 Å². The Balaban J connectivity index is 1.69. The Morgan fingerprint density at radius 3 is 2.52 bits per heavy atom. The first-order valence-electron chi connectivity index (χ1n) is 10.0. The van der Waals surface area contributed by atoms with Crippen LogP contribution in [0.15, 0.2) is 23.2 Å². The fourth-order valence-corrected chi connectivity index (χ4v) is 3.64. The third-order valence-electron chi connectivity index (χ3n) is 5.31. The molecule has 2 N–H and O–H groups in total. The Kier molecular flexibility index (Phi) is 9.25. The third-order valence-corrected chi connectivity index (χ3v) is 5.31. The second-order valence-electron chi connectivity index (χ2n) is 7.17. The van der Waals surface area contributed by atoms with Gasteiger partial charge in [0.15, 0.2) is 17.5 Å². The van der Waals surface area contributed by atoms with Crippen LogP contribution in [0, 0.1) is 0 Å². The number of nitrogens with zero attached hydrogens (tertiary/aromatic N) is 2. The number of guanidine groups is 1. The van der Waals surface area contributed by atoms with E-state index in [1.165, 1.54) is 32.1 Å². The first kappa shape index (κ1) is 21.4. The Morgan fingerprint density at radius 2 is 1.85 bits per heavy atom. The van der Waals surface area contributed by atoms with Gasteiger partial charge in [-0.2, -0.15) is 0 Å². The minimum atomic E-state index is 0.683. The average Bonchev–Trinajstić information content (AvgIpc) is 2.73. The number of hydrogen-bond donors (Lipinski definition) is 2. The van der Waals surface area contributed by atoms with Gasteiger partial charge in [0.25, 0.3) is 0 Å². The summed E-state index contributed by atoms with van der Waals surface area (Å²) >= 11 is 0. The van der Waals surface area contributed by atoms with Crippen LogP contribution in [0.4, 0.5) is 0 Å². The van der Waals surface area contributed by atoms with Crippen molar-refractivity contribution in [1.82, 2.24) is 15.5 Å². The molecule has 1 aromatic rings. The molecule has 0 aliphatic heterocycles. The zero-order valence-corrected chi connectivity index (χ0v) is 17.4. The zero-order valence-electron chi connectivity index (χ0n) is 17.4. The lowest BCUT2D eigenvalue weighted by molar-refractivity contribution is 0.190. The standard InChI is InChI=1S/C21H36N4O2/c1-22-21(23-13-8-14-25(2)18-9-6-5-7-10-18)24-16-17-11-12-19(26-3)20(15-17)27-4/h11-12,15,18H,5-10,13-14,16H2,1-4H3,(H2,22,23,24). The van der Waals surface area contributed by atoms with Crippen LogP contribution in [0.25, 0.3) is 0 Å². The molecule has 0 saturated heterocycles. The van der Waals surface area contributed by atoms with Crippen LogP contribution in [0.5, 0.6) is 11.5 Å². The summed E-state index contributed by atoms with van der Waals surface area (Å²) in [5.74, 6) is 2.31. The van der Waals surface area contributed by atoms with Crippen molar-refractivity contribution in [2.24, 2.45) is 4.99 Å². The van der Waals surface area contributed by atoms with Crippen molar-refractivity contribution < 1.29 is 9.47 Å². The predicted molar refractivity (Wildman–Crippen MR) is 112 cm³/mol. The molecule has 1 saturated carbocycles. The SMILES string of the molecule is CN=C(NCCCN(C)C1CCCCC1)NCc1ccc(OC)c(OC)c1. The molecule has 152 valence electrons. The number of rotatable bonds is 9. The summed E-state index contributed by atoms with van der Waals surface area (Å²) in [5.41, 5.74) is 1.12. The van der Waals surface area contributed by atoms with Crippen LogP contribution in [0.2, 0.25) is 0 Å². The van der Waals surface area contributed by atoms with Gasteiger partial charge < -0.3 is 25.0 Å². The largest absolute Gasteiger partial charge is 0.493 e. The maximum absolute atomic E-state index is 5.36. The quantitative estimate of drug-likeness (QED) is 0.394. The molecule has 0 spiro atoms. The van der Waals surface area contributed by atoms with E-state index in [-0.39, 0.29) is 0 Å². The highest BCUT2D eigenvalue weighted by Crippen LogP contribution is 2.27. The fraction of sp³-hybridized carbons (Fsp3) is 0.667. The molecule has 1 fully saturated rings. The summed E-state index contributed by atoms with van der Waals surface area (Å²) in [4.78, 5) is 6.84. The highest BCUT2D eigenvalue weighted by molar-refractivity contribution is 5.79. The number of benzene rings is 1. The molecule has 0 bridgehead atoms. The molecule has 0 radical (unpaired) electrons. The molecule has 6 heteroatoms. The number of aliphatic imine (C=N–C) groups is 1. The van der Waals surface area contributed by atoms with Crippen molar-refractivity contribution in [1.29, 1.82) is 0 Å². The molecule has 1 aliphatic carbocycles. The van der Waals surface area contributed by atoms with Crippen LogP contribution in [0.1, 0.15) is 44.1 Å². The van der Waals surface area contributed by atoms with Gasteiger partial charge in [0.2, 0.25) is 0 Å². The Morgan fingerprint density at radius 1 is 1.11 bits per heavy atom. The molecule has 0 unspecified atom stereocenters. The van der Waals surface area contributed by atoms with E-state index < -0.39 is 0 Å². The molecule has 1 aromatic carbocycles. The molecule has 0 amide bonds. The van der Waals surface area contributed by atoms with Crippen LogP contribution in [-0.4, -0.2) is 58.3 Å². The molecular weight excluding hydrogens is 340 g/mol. The average molecular weight is 377 g/mol. The summed E-state index contributed by atoms with van der Waals surface area (Å²) in [6.07, 6.45) is 8.02. The van der Waals surface area contributed by atoms with Crippen LogP contribution in [0.3, 0.4) is 0 Å². The van der Waals surface area contributed by atoms with Crippen LogP contribution in [-0.2, 0) is 6.54 Å². The first-order valence-corrected chi connectivity index (χ1v) is 10.0. The van der Waals surface area contributed by atoms with E-state index in [2.05, 4.69) is 27.6 Å². The number of ether oxygens (including phenoxy) is 2. The summed E-state index contributed by atoms with van der Waals surface area (Å²) in [7, 11) is 7.37. The molecule has 2 rings (SSSR count). The fourth-order valence-electron chi connectivity index (χ4n) is 3.64. The second-order valence-corrected chi connectivity index (χ2v) is 7.17. The van der Waals surface area contributed by atoms with Gasteiger partial charge in [-0.15, -0.1) is 0 Å². The van der Waals surface area contributed by atoms with E-state index in [9.17, 15) is 0 Å². The van der Waals surface area contributed by atoms with Crippen molar-refractivity contribution in [3.63, 3.8) is 0 Å². The van der Waals surface area contributed by atoms with Crippen molar-refractivity contribution in [2.75, 3.05) is 41.4 Å². The Labute approximate surface area is 164 Å². The molecule has 0 atom stereocenters. The second kappa shape index (κ2) is 11.7. The third kappa shape index (κ3) is 6.94. The van der Waals surface area contributed by atoms with Crippen molar-refractivity contribution in [3.8, 4) is 11.5 Å². The lowest BCUT2D eigenvalue weighted by Gasteiger charge is -2.31. The zero-order chi connectivity index (χ0) is 19.5. The maximum atomic E-state index is 5.36. The maximum Gasteiger partial charge on any atom is 0.191 e. The normalized spacial score (nSPS) is 15.7. The topological polar surface area (TPSA) is 58.1 Å². The van der Waals surface area contributed by atoms with Gasteiger partial charge in [-0.25, -0.2) is 0 Å². The van der Waals surface area contributed by atoms with E-state index in [0.29, 0.717) is 6.54 Å². The molecule has 6 nitrogen and oxygen atoms in total. The minimum absolute atomic E-state index is 0.683. The summed E-state index contributed by atoms with van der Waals surface area (Å²) in [6.45, 7) is 2.73. The molecule has 27 heavy (non-hydrogen) atoms. The van der Waals surface area contributed by atoms with E-state index in [1.54, 1.807) is 21.3 Å². The number of methoxy groups -OCH3 is 2. The van der Waals surface area contributed by atoms with E-state index in [1.807, 2.05) is 18.2 Å². The van der Waals surface area contributed by atoms with Crippen molar-refractivity contribution in [2.45, 2.75) is 51.1 Å². The summed E-state index contributed by atoms with van der Waals surface area (Å²) in [6, 6.07) is 6.72. The minimum Gasteiger partial charge on any atom is -0.493 e. The van der Waals surface area contributed by atoms with Crippen molar-refractivity contribution in [3.05, 3.63) is 23.8 Å². The van der Waals surface area contributed by atoms with E-state index in [0.717, 1.165) is 48.6 Å². The Hall–Kier alpha value is -1.95. The van der Waals surface area contributed by atoms with Gasteiger partial charge in [0.05, 0.1) is 14.2 Å². The first-order chi connectivity index (χ1) is 13.2. The highest BCUT2D eigenvalue weighted by atomic mass is 16.5. The number of hydrogen-bond acceptors (Lipinski definition) is 4.